The Labute approximate surface area is 174 Å². The van der Waals surface area contributed by atoms with E-state index in [1.54, 1.807) is 19.1 Å². The molecule has 0 radical (unpaired) electrons. The van der Waals surface area contributed by atoms with Crippen LogP contribution in [0.5, 0.6) is 11.5 Å². The number of rotatable bonds is 4. The first-order valence-electron chi connectivity index (χ1n) is 9.25. The molecule has 2 aromatic rings. The van der Waals surface area contributed by atoms with Gasteiger partial charge < -0.3 is 14.4 Å². The molecule has 1 amide bonds. The maximum absolute atomic E-state index is 13.0. The maximum atomic E-state index is 13.0. The summed E-state index contributed by atoms with van der Waals surface area (Å²) in [5.41, 5.74) is 2.52. The van der Waals surface area contributed by atoms with E-state index >= 15 is 0 Å². The van der Waals surface area contributed by atoms with Gasteiger partial charge >= 0.3 is 0 Å². The molecule has 2 aromatic carbocycles. The van der Waals surface area contributed by atoms with Crippen molar-refractivity contribution in [2.45, 2.75) is 12.3 Å². The van der Waals surface area contributed by atoms with E-state index in [0.29, 0.717) is 23.9 Å². The Kier molecular flexibility index (Phi) is 5.36. The van der Waals surface area contributed by atoms with Crippen molar-refractivity contribution in [2.75, 3.05) is 31.7 Å². The van der Waals surface area contributed by atoms with Crippen LogP contribution < -0.4 is 14.4 Å². The molecule has 4 rings (SSSR count). The lowest BCUT2D eigenvalue weighted by atomic mass is 9.86. The molecule has 0 aliphatic carbocycles. The molecule has 6 nitrogen and oxygen atoms in total. The van der Waals surface area contributed by atoms with E-state index < -0.39 is 0 Å². The van der Waals surface area contributed by atoms with Gasteiger partial charge in [-0.2, -0.15) is 5.26 Å². The highest BCUT2D eigenvalue weighted by Gasteiger charge is 2.39. The second kappa shape index (κ2) is 8.10. The summed E-state index contributed by atoms with van der Waals surface area (Å²) in [4.78, 5) is 16.9. The summed E-state index contributed by atoms with van der Waals surface area (Å²) in [6.45, 7) is 0.428. The van der Waals surface area contributed by atoms with Crippen molar-refractivity contribution in [2.24, 2.45) is 0 Å². The third-order valence-corrected chi connectivity index (χ3v) is 6.40. The molecule has 0 spiro atoms. The largest absolute Gasteiger partial charge is 0.497 e. The minimum Gasteiger partial charge on any atom is -0.497 e. The number of hydrogen-bond donors (Lipinski definition) is 0. The van der Waals surface area contributed by atoms with Crippen LogP contribution in [0.4, 0.5) is 5.69 Å². The number of methoxy groups -OCH3 is 2. The minimum atomic E-state index is -0.282. The van der Waals surface area contributed by atoms with Crippen molar-refractivity contribution in [3.8, 4) is 17.6 Å². The van der Waals surface area contributed by atoms with E-state index in [2.05, 4.69) is 11.0 Å². The number of fused-ring (bicyclic) bond motifs is 1. The molecular weight excluding hydrogens is 386 g/mol. The Morgan fingerprint density at radius 1 is 1.10 bits per heavy atom. The van der Waals surface area contributed by atoms with Crippen molar-refractivity contribution < 1.29 is 14.3 Å². The third kappa shape index (κ3) is 3.52. The van der Waals surface area contributed by atoms with Crippen molar-refractivity contribution in [1.82, 2.24) is 4.90 Å². The summed E-state index contributed by atoms with van der Waals surface area (Å²) in [5.74, 6) is 1.89. The van der Waals surface area contributed by atoms with Crippen LogP contribution in [0.3, 0.4) is 0 Å². The molecule has 0 saturated carbocycles. The number of ether oxygens (including phenoxy) is 2. The highest BCUT2D eigenvalue weighted by molar-refractivity contribution is 8.03. The summed E-state index contributed by atoms with van der Waals surface area (Å²) in [6.07, 6.45) is 0.254. The molecular formula is C22H21N3O3S. The summed E-state index contributed by atoms with van der Waals surface area (Å²) >= 11 is 1.52. The van der Waals surface area contributed by atoms with Crippen LogP contribution in [0.1, 0.15) is 17.9 Å². The Hall–Kier alpha value is -3.11. The van der Waals surface area contributed by atoms with Crippen LogP contribution in [0.15, 0.2) is 59.1 Å². The molecule has 1 fully saturated rings. The van der Waals surface area contributed by atoms with Crippen LogP contribution in [-0.4, -0.2) is 37.6 Å². The third-order valence-electron chi connectivity index (χ3n) is 5.25. The van der Waals surface area contributed by atoms with Crippen LogP contribution in [0, 0.1) is 11.3 Å². The smallest absolute Gasteiger partial charge is 0.229 e. The zero-order valence-electron chi connectivity index (χ0n) is 16.3. The predicted octanol–water partition coefficient (Wildman–Crippen LogP) is 3.92. The second-order valence-electron chi connectivity index (χ2n) is 6.80. The van der Waals surface area contributed by atoms with Crippen LogP contribution in [0.25, 0.3) is 0 Å². The Balaban J connectivity index is 1.65. The van der Waals surface area contributed by atoms with Crippen LogP contribution >= 0.6 is 11.8 Å². The lowest BCUT2D eigenvalue weighted by Gasteiger charge is -2.42. The first-order chi connectivity index (χ1) is 14.2. The fraction of sp³-hybridized carbons (Fsp3) is 0.273. The Morgan fingerprint density at radius 3 is 2.55 bits per heavy atom. The molecule has 1 atom stereocenters. The van der Waals surface area contributed by atoms with Crippen molar-refractivity contribution in [3.05, 3.63) is 64.7 Å². The van der Waals surface area contributed by atoms with E-state index in [0.717, 1.165) is 22.0 Å². The molecule has 29 heavy (non-hydrogen) atoms. The van der Waals surface area contributed by atoms with Crippen LogP contribution in [0.2, 0.25) is 0 Å². The number of carbonyl (C=O) groups is 1. The van der Waals surface area contributed by atoms with Crippen molar-refractivity contribution in [1.29, 1.82) is 5.26 Å². The number of thioether (sulfide) groups is 1. The van der Waals surface area contributed by atoms with E-state index in [1.807, 2.05) is 48.5 Å². The number of nitrogens with zero attached hydrogens (tertiary/aromatic N) is 3. The number of benzene rings is 2. The van der Waals surface area contributed by atoms with E-state index in [9.17, 15) is 10.1 Å². The van der Waals surface area contributed by atoms with Gasteiger partial charge in [0.2, 0.25) is 5.91 Å². The number of hydrogen-bond acceptors (Lipinski definition) is 6. The number of anilines is 1. The van der Waals surface area contributed by atoms with Gasteiger partial charge in [-0.15, -0.1) is 0 Å². The van der Waals surface area contributed by atoms with Crippen LogP contribution in [-0.2, 0) is 4.79 Å². The predicted molar refractivity (Wildman–Crippen MR) is 113 cm³/mol. The monoisotopic (exact) mass is 407 g/mol. The van der Waals surface area contributed by atoms with Gasteiger partial charge in [0.25, 0.3) is 0 Å². The minimum absolute atomic E-state index is 0.0145. The fourth-order valence-corrected chi connectivity index (χ4v) is 4.91. The zero-order valence-corrected chi connectivity index (χ0v) is 17.1. The summed E-state index contributed by atoms with van der Waals surface area (Å²) in [5, 5.41) is 10.7. The van der Waals surface area contributed by atoms with Gasteiger partial charge in [-0.3, -0.25) is 9.69 Å². The van der Waals surface area contributed by atoms with Gasteiger partial charge in [0.05, 0.1) is 43.4 Å². The van der Waals surface area contributed by atoms with Gasteiger partial charge in [0.15, 0.2) is 0 Å². The number of para-hydroxylation sites is 1. The number of nitriles is 1. The topological polar surface area (TPSA) is 65.8 Å². The molecule has 2 aliphatic heterocycles. The molecule has 0 unspecified atom stereocenters. The van der Waals surface area contributed by atoms with Crippen molar-refractivity contribution in [3.63, 3.8) is 0 Å². The first-order valence-corrected chi connectivity index (χ1v) is 10.2. The Morgan fingerprint density at radius 2 is 1.86 bits per heavy atom. The molecule has 2 heterocycles. The van der Waals surface area contributed by atoms with Gasteiger partial charge in [0.1, 0.15) is 11.5 Å². The summed E-state index contributed by atoms with van der Waals surface area (Å²) < 4.78 is 10.7. The van der Waals surface area contributed by atoms with E-state index in [4.69, 9.17) is 9.47 Å². The van der Waals surface area contributed by atoms with E-state index in [-0.39, 0.29) is 18.2 Å². The van der Waals surface area contributed by atoms with Gasteiger partial charge in [-0.05, 0) is 30.3 Å². The highest BCUT2D eigenvalue weighted by Crippen LogP contribution is 2.45. The summed E-state index contributed by atoms with van der Waals surface area (Å²) in [6, 6.07) is 17.7. The van der Waals surface area contributed by atoms with Crippen molar-refractivity contribution >= 4 is 23.4 Å². The van der Waals surface area contributed by atoms with Gasteiger partial charge in [0, 0.05) is 23.6 Å². The highest BCUT2D eigenvalue weighted by atomic mass is 32.2. The molecule has 0 N–H and O–H groups in total. The average molecular weight is 407 g/mol. The first kappa shape index (κ1) is 19.2. The number of carbonyl (C=O) groups excluding carboxylic acids is 1. The lowest BCUT2D eigenvalue weighted by molar-refractivity contribution is -0.129. The zero-order chi connectivity index (χ0) is 20.4. The molecule has 0 bridgehead atoms. The summed E-state index contributed by atoms with van der Waals surface area (Å²) in [7, 11) is 3.24. The number of allylic oxidation sites excluding steroid dienone is 1. The molecule has 0 aromatic heterocycles. The number of amides is 1. The molecule has 148 valence electrons. The van der Waals surface area contributed by atoms with Gasteiger partial charge in [-0.25, -0.2) is 0 Å². The quantitative estimate of drug-likeness (QED) is 0.765. The lowest BCUT2D eigenvalue weighted by Crippen LogP contribution is -2.47. The fourth-order valence-electron chi connectivity index (χ4n) is 3.74. The maximum Gasteiger partial charge on any atom is 0.229 e. The van der Waals surface area contributed by atoms with Gasteiger partial charge in [-0.1, -0.05) is 30.0 Å². The molecule has 1 saturated heterocycles. The SMILES string of the molecule is COc1ccc(N2CSC3=C(C#N)[C@@H](c4ccccc4OC)CC(=O)N3C2)cc1. The second-order valence-corrected chi connectivity index (χ2v) is 7.74. The Bertz CT molecular complexity index is 997. The molecule has 2 aliphatic rings. The van der Waals surface area contributed by atoms with E-state index in [1.165, 1.54) is 11.8 Å². The average Bonchev–Trinajstić information content (AvgIpc) is 2.78. The normalized spacial score (nSPS) is 18.9. The molecule has 7 heteroatoms. The standard InChI is InChI=1S/C22H21N3O3S/c1-27-16-9-7-15(8-10-16)24-13-25-21(26)11-18(19(12-23)22(25)29-14-24)17-5-3-4-6-20(17)28-2/h3-10,18H,11,13-14H2,1-2H3/t18-/m1/s1.